The highest BCUT2D eigenvalue weighted by Gasteiger charge is 2.13. The topological polar surface area (TPSA) is 50.4 Å². The molecule has 0 spiro atoms. The number of thiocarbonyl (C=S) groups is 1. The van der Waals surface area contributed by atoms with Gasteiger partial charge >= 0.3 is 0 Å². The maximum Gasteiger partial charge on any atom is 0.264 e. The zero-order valence-electron chi connectivity index (χ0n) is 14.8. The SMILES string of the molecule is CC(C)(C)c1ccc(OCC(=O)NC(=S)NCc2ccccc2)cc1. The smallest absolute Gasteiger partial charge is 0.264 e. The van der Waals surface area contributed by atoms with Gasteiger partial charge in [0.2, 0.25) is 0 Å². The zero-order valence-corrected chi connectivity index (χ0v) is 15.7. The molecule has 2 aromatic carbocycles. The summed E-state index contributed by atoms with van der Waals surface area (Å²) in [6, 6.07) is 17.6. The Labute approximate surface area is 154 Å². The predicted octanol–water partition coefficient (Wildman–Crippen LogP) is 3.55. The molecule has 25 heavy (non-hydrogen) atoms. The summed E-state index contributed by atoms with van der Waals surface area (Å²) >= 11 is 5.12. The third-order valence-electron chi connectivity index (χ3n) is 3.64. The monoisotopic (exact) mass is 356 g/mol. The molecule has 0 unspecified atom stereocenters. The van der Waals surface area contributed by atoms with Crippen LogP contribution in [-0.4, -0.2) is 17.6 Å². The van der Waals surface area contributed by atoms with Gasteiger partial charge in [0.25, 0.3) is 5.91 Å². The Morgan fingerprint density at radius 3 is 2.28 bits per heavy atom. The van der Waals surface area contributed by atoms with E-state index in [1.807, 2.05) is 54.6 Å². The van der Waals surface area contributed by atoms with Crippen LogP contribution >= 0.6 is 12.2 Å². The van der Waals surface area contributed by atoms with Crippen LogP contribution in [0.2, 0.25) is 0 Å². The standard InChI is InChI=1S/C20H24N2O2S/c1-20(2,3)16-9-11-17(12-10-16)24-14-18(23)22-19(25)21-13-15-7-5-4-6-8-15/h4-12H,13-14H2,1-3H3,(H2,21,22,23,25). The highest BCUT2D eigenvalue weighted by Crippen LogP contribution is 2.24. The molecule has 0 aliphatic carbocycles. The molecule has 0 aromatic heterocycles. The summed E-state index contributed by atoms with van der Waals surface area (Å²) in [7, 11) is 0. The van der Waals surface area contributed by atoms with E-state index in [1.165, 1.54) is 5.56 Å². The van der Waals surface area contributed by atoms with Crippen LogP contribution in [0.4, 0.5) is 0 Å². The maximum absolute atomic E-state index is 11.9. The van der Waals surface area contributed by atoms with Gasteiger partial charge in [0.05, 0.1) is 0 Å². The van der Waals surface area contributed by atoms with Crippen molar-refractivity contribution >= 4 is 23.2 Å². The molecule has 132 valence electrons. The zero-order chi connectivity index (χ0) is 18.3. The first-order valence-corrected chi connectivity index (χ1v) is 8.60. The summed E-state index contributed by atoms with van der Waals surface area (Å²) in [4.78, 5) is 11.9. The van der Waals surface area contributed by atoms with Gasteiger partial charge in [0, 0.05) is 6.54 Å². The van der Waals surface area contributed by atoms with Crippen molar-refractivity contribution in [3.63, 3.8) is 0 Å². The van der Waals surface area contributed by atoms with Crippen molar-refractivity contribution in [3.05, 3.63) is 65.7 Å². The van der Waals surface area contributed by atoms with E-state index in [-0.39, 0.29) is 17.9 Å². The van der Waals surface area contributed by atoms with Gasteiger partial charge in [-0.3, -0.25) is 4.79 Å². The lowest BCUT2D eigenvalue weighted by atomic mass is 9.87. The summed E-state index contributed by atoms with van der Waals surface area (Å²) < 4.78 is 5.50. The minimum atomic E-state index is -0.287. The molecule has 4 nitrogen and oxygen atoms in total. The molecule has 0 saturated carbocycles. The summed E-state index contributed by atoms with van der Waals surface area (Å²) in [5.74, 6) is 0.372. The third kappa shape index (κ3) is 6.55. The average molecular weight is 356 g/mol. The number of benzene rings is 2. The third-order valence-corrected chi connectivity index (χ3v) is 3.89. The fourth-order valence-corrected chi connectivity index (χ4v) is 2.37. The number of carbonyl (C=O) groups excluding carboxylic acids is 1. The molecule has 2 rings (SSSR count). The Balaban J connectivity index is 1.74. The first kappa shape index (κ1) is 18.9. The highest BCUT2D eigenvalue weighted by atomic mass is 32.1. The first-order chi connectivity index (χ1) is 11.8. The van der Waals surface area contributed by atoms with E-state index in [4.69, 9.17) is 17.0 Å². The van der Waals surface area contributed by atoms with Crippen LogP contribution in [0.5, 0.6) is 5.75 Å². The molecule has 0 aliphatic rings. The molecule has 1 amide bonds. The average Bonchev–Trinajstić information content (AvgIpc) is 2.59. The van der Waals surface area contributed by atoms with Gasteiger partial charge in [-0.1, -0.05) is 63.2 Å². The van der Waals surface area contributed by atoms with E-state index in [0.717, 1.165) is 5.56 Å². The highest BCUT2D eigenvalue weighted by molar-refractivity contribution is 7.80. The lowest BCUT2D eigenvalue weighted by Gasteiger charge is -2.19. The number of hydrogen-bond donors (Lipinski definition) is 2. The molecule has 0 fully saturated rings. The van der Waals surface area contributed by atoms with Crippen LogP contribution in [0.25, 0.3) is 0 Å². The Morgan fingerprint density at radius 2 is 1.68 bits per heavy atom. The van der Waals surface area contributed by atoms with Gasteiger partial charge in [0.1, 0.15) is 5.75 Å². The molecular weight excluding hydrogens is 332 g/mol. The fourth-order valence-electron chi connectivity index (χ4n) is 2.19. The number of hydrogen-bond acceptors (Lipinski definition) is 3. The van der Waals surface area contributed by atoms with Crippen molar-refractivity contribution in [1.29, 1.82) is 0 Å². The Hall–Kier alpha value is -2.40. The minimum Gasteiger partial charge on any atom is -0.484 e. The van der Waals surface area contributed by atoms with E-state index in [1.54, 1.807) is 0 Å². The predicted molar refractivity (Wildman–Crippen MR) is 105 cm³/mol. The second kappa shape index (κ2) is 8.62. The number of carbonyl (C=O) groups is 1. The molecule has 0 heterocycles. The molecule has 0 atom stereocenters. The summed E-state index contributed by atoms with van der Waals surface area (Å²) in [6.45, 7) is 6.94. The molecule has 2 aromatic rings. The minimum absolute atomic E-state index is 0.0813. The molecule has 0 bridgehead atoms. The molecule has 2 N–H and O–H groups in total. The number of ether oxygens (including phenoxy) is 1. The quantitative estimate of drug-likeness (QED) is 0.805. The largest absolute Gasteiger partial charge is 0.484 e. The van der Waals surface area contributed by atoms with E-state index >= 15 is 0 Å². The van der Waals surface area contributed by atoms with Gasteiger partial charge in [-0.15, -0.1) is 0 Å². The maximum atomic E-state index is 11.9. The first-order valence-electron chi connectivity index (χ1n) is 8.19. The van der Waals surface area contributed by atoms with Crippen molar-refractivity contribution in [3.8, 4) is 5.75 Å². The fraction of sp³-hybridized carbons (Fsp3) is 0.300. The van der Waals surface area contributed by atoms with Crippen LogP contribution in [0.15, 0.2) is 54.6 Å². The normalized spacial score (nSPS) is 10.8. The van der Waals surface area contributed by atoms with Crippen molar-refractivity contribution in [2.75, 3.05) is 6.61 Å². The Morgan fingerprint density at radius 1 is 1.04 bits per heavy atom. The van der Waals surface area contributed by atoms with E-state index < -0.39 is 0 Å². The molecule has 0 radical (unpaired) electrons. The van der Waals surface area contributed by atoms with Gasteiger partial charge < -0.3 is 15.4 Å². The van der Waals surface area contributed by atoms with Crippen molar-refractivity contribution in [2.45, 2.75) is 32.7 Å². The van der Waals surface area contributed by atoms with Gasteiger partial charge in [-0.25, -0.2) is 0 Å². The van der Waals surface area contributed by atoms with E-state index in [2.05, 4.69) is 31.4 Å². The van der Waals surface area contributed by atoms with Crippen molar-refractivity contribution in [2.24, 2.45) is 0 Å². The molecule has 5 heteroatoms. The second-order valence-electron chi connectivity index (χ2n) is 6.78. The number of amides is 1. The van der Waals surface area contributed by atoms with Gasteiger partial charge in [0.15, 0.2) is 11.7 Å². The summed E-state index contributed by atoms with van der Waals surface area (Å²) in [5.41, 5.74) is 2.40. The lowest BCUT2D eigenvalue weighted by molar-refractivity contribution is -0.121. The van der Waals surface area contributed by atoms with Crippen molar-refractivity contribution < 1.29 is 9.53 Å². The van der Waals surface area contributed by atoms with E-state index in [9.17, 15) is 4.79 Å². The van der Waals surface area contributed by atoms with Crippen LogP contribution < -0.4 is 15.4 Å². The molecule has 0 aliphatic heterocycles. The van der Waals surface area contributed by atoms with Gasteiger partial charge in [-0.05, 0) is 40.9 Å². The summed E-state index contributed by atoms with van der Waals surface area (Å²) in [6.07, 6.45) is 0. The Bertz CT molecular complexity index is 707. The lowest BCUT2D eigenvalue weighted by Crippen LogP contribution is -2.41. The van der Waals surface area contributed by atoms with Crippen LogP contribution in [0.1, 0.15) is 31.9 Å². The van der Waals surface area contributed by atoms with Crippen LogP contribution in [0.3, 0.4) is 0 Å². The summed E-state index contributed by atoms with van der Waals surface area (Å²) in [5, 5.41) is 5.90. The van der Waals surface area contributed by atoms with Crippen molar-refractivity contribution in [1.82, 2.24) is 10.6 Å². The molecular formula is C20H24N2O2S. The number of nitrogens with one attached hydrogen (secondary N) is 2. The van der Waals surface area contributed by atoms with E-state index in [0.29, 0.717) is 17.4 Å². The molecule has 0 saturated heterocycles. The van der Waals surface area contributed by atoms with Crippen LogP contribution in [-0.2, 0) is 16.8 Å². The van der Waals surface area contributed by atoms with Crippen LogP contribution in [0, 0.1) is 0 Å². The van der Waals surface area contributed by atoms with Gasteiger partial charge in [-0.2, -0.15) is 0 Å². The second-order valence-corrected chi connectivity index (χ2v) is 7.19. The number of rotatable bonds is 5. The Kier molecular flexibility index (Phi) is 6.53.